The predicted molar refractivity (Wildman–Crippen MR) is 66.0 cm³/mol. The number of morpholine rings is 1. The van der Waals surface area contributed by atoms with Crippen LogP contribution >= 0.6 is 0 Å². The molecule has 1 fully saturated rings. The summed E-state index contributed by atoms with van der Waals surface area (Å²) in [6, 6.07) is 3.36. The Morgan fingerprint density at radius 2 is 1.95 bits per heavy atom. The third-order valence-electron chi connectivity index (χ3n) is 2.93. The molecule has 1 aliphatic rings. The van der Waals surface area contributed by atoms with Gasteiger partial charge in [-0.1, -0.05) is 0 Å². The van der Waals surface area contributed by atoms with Crippen LogP contribution in [-0.4, -0.2) is 44.8 Å². The molecule has 1 aromatic carbocycles. The second kappa shape index (κ2) is 5.36. The van der Waals surface area contributed by atoms with Gasteiger partial charge in [-0.25, -0.2) is 12.8 Å². The summed E-state index contributed by atoms with van der Waals surface area (Å²) in [6.45, 7) is 2.25. The number of hydrogen-bond donors (Lipinski definition) is 0. The van der Waals surface area contributed by atoms with E-state index in [9.17, 15) is 17.6 Å². The highest BCUT2D eigenvalue weighted by Crippen LogP contribution is 2.21. The van der Waals surface area contributed by atoms with E-state index in [0.717, 1.165) is 12.1 Å². The highest BCUT2D eigenvalue weighted by Gasteiger charge is 2.29. The summed E-state index contributed by atoms with van der Waals surface area (Å²) in [5.41, 5.74) is 0.174. The lowest BCUT2D eigenvalue weighted by Crippen LogP contribution is -2.41. The Hall–Kier alpha value is -1.31. The minimum atomic E-state index is -3.92. The topological polar surface area (TPSA) is 63.7 Å². The van der Waals surface area contributed by atoms with Crippen molar-refractivity contribution in [1.82, 2.24) is 4.31 Å². The molecule has 0 aromatic heterocycles. The first kappa shape index (κ1) is 14.1. The molecule has 0 amide bonds. The molecular formula is C12H14FNO4S. The Labute approximate surface area is 111 Å². The lowest BCUT2D eigenvalue weighted by molar-refractivity contribution is 0.0729. The van der Waals surface area contributed by atoms with Crippen LogP contribution in [0.4, 0.5) is 4.39 Å². The Kier molecular flexibility index (Phi) is 3.98. The van der Waals surface area contributed by atoms with Gasteiger partial charge in [0.2, 0.25) is 10.0 Å². The molecular weight excluding hydrogens is 273 g/mol. The normalized spacial score (nSPS) is 17.4. The average molecular weight is 287 g/mol. The van der Waals surface area contributed by atoms with Gasteiger partial charge in [0.25, 0.3) is 0 Å². The van der Waals surface area contributed by atoms with E-state index in [-0.39, 0.29) is 37.6 Å². The van der Waals surface area contributed by atoms with Crippen molar-refractivity contribution >= 4 is 15.8 Å². The number of hydrogen-bond acceptors (Lipinski definition) is 4. The third kappa shape index (κ3) is 2.83. The Morgan fingerprint density at radius 3 is 2.53 bits per heavy atom. The number of nitrogens with zero attached hydrogens (tertiary/aromatic N) is 1. The number of benzene rings is 1. The molecule has 1 heterocycles. The van der Waals surface area contributed by atoms with Crippen LogP contribution in [0, 0.1) is 5.82 Å². The maximum atomic E-state index is 13.7. The standard InChI is InChI=1S/C12H14FNO4S/c1-9(15)10-2-3-11(13)12(8-10)19(16,17)14-4-6-18-7-5-14/h2-3,8H,4-7H2,1H3. The van der Waals surface area contributed by atoms with Crippen molar-refractivity contribution in [2.24, 2.45) is 0 Å². The fourth-order valence-electron chi connectivity index (χ4n) is 1.85. The Bertz CT molecular complexity index is 594. The summed E-state index contributed by atoms with van der Waals surface area (Å²) >= 11 is 0. The van der Waals surface area contributed by atoms with Crippen LogP contribution in [0.1, 0.15) is 17.3 Å². The number of halogens is 1. The smallest absolute Gasteiger partial charge is 0.246 e. The lowest BCUT2D eigenvalue weighted by atomic mass is 10.1. The van der Waals surface area contributed by atoms with Crippen molar-refractivity contribution in [2.45, 2.75) is 11.8 Å². The molecule has 0 spiro atoms. The van der Waals surface area contributed by atoms with Gasteiger partial charge in [-0.15, -0.1) is 0 Å². The van der Waals surface area contributed by atoms with E-state index in [1.807, 2.05) is 0 Å². The molecule has 1 aromatic rings. The molecule has 7 heteroatoms. The second-order valence-electron chi connectivity index (χ2n) is 4.22. The molecule has 104 valence electrons. The SMILES string of the molecule is CC(=O)c1ccc(F)c(S(=O)(=O)N2CCOCC2)c1. The highest BCUT2D eigenvalue weighted by molar-refractivity contribution is 7.89. The van der Waals surface area contributed by atoms with Gasteiger partial charge in [-0.05, 0) is 25.1 Å². The number of ketones is 1. The zero-order chi connectivity index (χ0) is 14.0. The minimum absolute atomic E-state index is 0.174. The maximum absolute atomic E-state index is 13.7. The maximum Gasteiger partial charge on any atom is 0.246 e. The number of ether oxygens (including phenoxy) is 1. The van der Waals surface area contributed by atoms with Gasteiger partial charge in [0.05, 0.1) is 13.2 Å². The van der Waals surface area contributed by atoms with Gasteiger partial charge in [0.1, 0.15) is 10.7 Å². The zero-order valence-corrected chi connectivity index (χ0v) is 11.2. The van der Waals surface area contributed by atoms with Gasteiger partial charge in [-0.2, -0.15) is 4.31 Å². The third-order valence-corrected chi connectivity index (χ3v) is 4.84. The summed E-state index contributed by atoms with van der Waals surface area (Å²) < 4.78 is 44.6. The lowest BCUT2D eigenvalue weighted by Gasteiger charge is -2.26. The molecule has 1 aliphatic heterocycles. The summed E-state index contributed by atoms with van der Waals surface area (Å²) in [6.07, 6.45) is 0. The van der Waals surface area contributed by atoms with Crippen LogP contribution in [0.5, 0.6) is 0 Å². The molecule has 19 heavy (non-hydrogen) atoms. The minimum Gasteiger partial charge on any atom is -0.379 e. The molecule has 0 saturated carbocycles. The van der Waals surface area contributed by atoms with Gasteiger partial charge >= 0.3 is 0 Å². The van der Waals surface area contributed by atoms with Crippen molar-refractivity contribution in [3.8, 4) is 0 Å². The number of carbonyl (C=O) groups excluding carboxylic acids is 1. The number of Topliss-reactive ketones (excluding diaryl/α,β-unsaturated/α-hetero) is 1. The van der Waals surface area contributed by atoms with Gasteiger partial charge in [-0.3, -0.25) is 4.79 Å². The van der Waals surface area contributed by atoms with Crippen LogP contribution in [0.3, 0.4) is 0 Å². The van der Waals surface area contributed by atoms with Gasteiger partial charge in [0.15, 0.2) is 5.78 Å². The Morgan fingerprint density at radius 1 is 1.32 bits per heavy atom. The van der Waals surface area contributed by atoms with Crippen molar-refractivity contribution in [3.63, 3.8) is 0 Å². The van der Waals surface area contributed by atoms with E-state index >= 15 is 0 Å². The van der Waals surface area contributed by atoms with E-state index in [2.05, 4.69) is 0 Å². The predicted octanol–water partition coefficient (Wildman–Crippen LogP) is 1.05. The summed E-state index contributed by atoms with van der Waals surface area (Å²) in [4.78, 5) is 10.8. The number of carbonyl (C=O) groups is 1. The van der Waals surface area contributed by atoms with E-state index in [4.69, 9.17) is 4.74 Å². The van der Waals surface area contributed by atoms with Crippen molar-refractivity contribution in [1.29, 1.82) is 0 Å². The van der Waals surface area contributed by atoms with Crippen molar-refractivity contribution in [2.75, 3.05) is 26.3 Å². The highest BCUT2D eigenvalue weighted by atomic mass is 32.2. The summed E-state index contributed by atoms with van der Waals surface area (Å²) in [7, 11) is -3.92. The average Bonchev–Trinajstić information content (AvgIpc) is 2.39. The van der Waals surface area contributed by atoms with E-state index in [1.54, 1.807) is 0 Å². The van der Waals surface area contributed by atoms with Crippen LogP contribution < -0.4 is 0 Å². The zero-order valence-electron chi connectivity index (χ0n) is 10.4. The first-order valence-corrected chi connectivity index (χ1v) is 7.25. The van der Waals surface area contributed by atoms with Crippen LogP contribution in [0.2, 0.25) is 0 Å². The molecule has 0 N–H and O–H groups in total. The fourth-order valence-corrected chi connectivity index (χ4v) is 3.34. The van der Waals surface area contributed by atoms with E-state index in [0.29, 0.717) is 0 Å². The quantitative estimate of drug-likeness (QED) is 0.780. The second-order valence-corrected chi connectivity index (χ2v) is 6.12. The van der Waals surface area contributed by atoms with Crippen molar-refractivity contribution in [3.05, 3.63) is 29.6 Å². The van der Waals surface area contributed by atoms with E-state index in [1.165, 1.54) is 17.3 Å². The molecule has 0 bridgehead atoms. The van der Waals surface area contributed by atoms with Crippen LogP contribution in [0.15, 0.2) is 23.1 Å². The van der Waals surface area contributed by atoms with Crippen LogP contribution in [-0.2, 0) is 14.8 Å². The molecule has 2 rings (SSSR count). The molecule has 0 radical (unpaired) electrons. The molecule has 1 saturated heterocycles. The Balaban J connectivity index is 2.44. The largest absolute Gasteiger partial charge is 0.379 e. The van der Waals surface area contributed by atoms with Gasteiger partial charge < -0.3 is 4.74 Å². The monoisotopic (exact) mass is 287 g/mol. The van der Waals surface area contributed by atoms with Gasteiger partial charge in [0, 0.05) is 18.7 Å². The molecule has 0 unspecified atom stereocenters. The number of rotatable bonds is 3. The summed E-state index contributed by atoms with van der Waals surface area (Å²) in [5.74, 6) is -1.16. The summed E-state index contributed by atoms with van der Waals surface area (Å²) in [5, 5.41) is 0. The first-order chi connectivity index (χ1) is 8.93. The van der Waals surface area contributed by atoms with Crippen molar-refractivity contribution < 1.29 is 22.3 Å². The fraction of sp³-hybridized carbons (Fsp3) is 0.417. The number of sulfonamides is 1. The molecule has 5 nitrogen and oxygen atoms in total. The van der Waals surface area contributed by atoms with Crippen LogP contribution in [0.25, 0.3) is 0 Å². The molecule has 0 atom stereocenters. The van der Waals surface area contributed by atoms with E-state index < -0.39 is 20.7 Å². The molecule has 0 aliphatic carbocycles. The first-order valence-electron chi connectivity index (χ1n) is 5.81.